The fourth-order valence-electron chi connectivity index (χ4n) is 2.92. The van der Waals surface area contributed by atoms with E-state index in [2.05, 4.69) is 15.0 Å². The molecule has 0 saturated carbocycles. The number of aromatic nitrogens is 4. The number of alkyl halides is 2. The van der Waals surface area contributed by atoms with Gasteiger partial charge in [-0.3, -0.25) is 14.2 Å². The van der Waals surface area contributed by atoms with Gasteiger partial charge in [0.2, 0.25) is 5.75 Å². The summed E-state index contributed by atoms with van der Waals surface area (Å²) in [5.41, 5.74) is -1.79. The highest BCUT2D eigenvalue weighted by Crippen LogP contribution is 2.39. The van der Waals surface area contributed by atoms with E-state index in [1.165, 1.54) is 12.1 Å². The number of H-pyrrole nitrogens is 1. The Kier molecular flexibility index (Phi) is 6.34. The van der Waals surface area contributed by atoms with Gasteiger partial charge in [0.05, 0.1) is 40.1 Å². The summed E-state index contributed by atoms with van der Waals surface area (Å²) in [5.74, 6) is -4.27. The number of aromatic amines is 1. The van der Waals surface area contributed by atoms with Crippen molar-refractivity contribution >= 4 is 23.2 Å². The third kappa shape index (κ3) is 4.64. The van der Waals surface area contributed by atoms with Gasteiger partial charge in [-0.05, 0) is 26.0 Å². The van der Waals surface area contributed by atoms with Crippen LogP contribution < -0.4 is 15.9 Å². The van der Waals surface area contributed by atoms with Crippen molar-refractivity contribution in [1.82, 2.24) is 19.5 Å². The summed E-state index contributed by atoms with van der Waals surface area (Å²) in [5, 5.41) is 8.67. The van der Waals surface area contributed by atoms with E-state index in [1.54, 1.807) is 13.8 Å². The first-order valence-electron chi connectivity index (χ1n) is 9.03. The predicted molar refractivity (Wildman–Crippen MR) is 113 cm³/mol. The van der Waals surface area contributed by atoms with Crippen molar-refractivity contribution in [2.45, 2.75) is 33.2 Å². The van der Waals surface area contributed by atoms with Crippen LogP contribution >= 0.6 is 23.2 Å². The number of hydrogen-bond donors (Lipinski definition) is 1. The Bertz CT molecular complexity index is 1350. The zero-order chi connectivity index (χ0) is 23.8. The zero-order valence-electron chi connectivity index (χ0n) is 17.0. The number of nitrogens with zero attached hydrogens (tertiary/aromatic N) is 4. The van der Waals surface area contributed by atoms with Crippen LogP contribution in [0.2, 0.25) is 10.0 Å². The fraction of sp³-hybridized carbons (Fsp3) is 0.250. The van der Waals surface area contributed by atoms with Crippen LogP contribution in [0, 0.1) is 25.2 Å². The molecule has 3 rings (SSSR count). The number of benzene rings is 1. The van der Waals surface area contributed by atoms with Gasteiger partial charge in [-0.2, -0.15) is 14.0 Å². The van der Waals surface area contributed by atoms with Crippen LogP contribution in [0.15, 0.2) is 28.0 Å². The fourth-order valence-corrected chi connectivity index (χ4v) is 3.48. The second-order valence-corrected chi connectivity index (χ2v) is 7.76. The minimum absolute atomic E-state index is 0.110. The lowest BCUT2D eigenvalue weighted by atomic mass is 10.2. The zero-order valence-corrected chi connectivity index (χ0v) is 18.5. The lowest BCUT2D eigenvalue weighted by Gasteiger charge is -2.18. The first-order valence-corrected chi connectivity index (χ1v) is 9.79. The summed E-state index contributed by atoms with van der Waals surface area (Å²) in [6.07, 6.45) is 0.892. The lowest BCUT2D eigenvalue weighted by molar-refractivity contribution is 0.0101. The molecule has 3 aromatic rings. The van der Waals surface area contributed by atoms with Gasteiger partial charge in [0, 0.05) is 12.6 Å². The quantitative estimate of drug-likeness (QED) is 0.587. The van der Waals surface area contributed by atoms with Gasteiger partial charge in [-0.15, -0.1) is 0 Å². The average molecular weight is 482 g/mol. The van der Waals surface area contributed by atoms with Gasteiger partial charge in [-0.1, -0.05) is 23.2 Å². The summed E-state index contributed by atoms with van der Waals surface area (Å²) in [7, 11) is 0. The molecule has 32 heavy (non-hydrogen) atoms. The summed E-state index contributed by atoms with van der Waals surface area (Å²) in [4.78, 5) is 35.7. The maximum absolute atomic E-state index is 14.2. The molecule has 0 fully saturated rings. The van der Waals surface area contributed by atoms with Crippen LogP contribution in [0.5, 0.6) is 11.5 Å². The highest BCUT2D eigenvalue weighted by Gasteiger charge is 2.34. The van der Waals surface area contributed by atoms with Gasteiger partial charge in [0.1, 0.15) is 5.82 Å². The molecule has 1 aromatic carbocycles. The maximum atomic E-state index is 14.2. The van der Waals surface area contributed by atoms with Crippen molar-refractivity contribution < 1.29 is 13.5 Å². The molecule has 0 spiro atoms. The number of nitrogens with one attached hydrogen (secondary N) is 1. The number of aryl methyl sites for hydroxylation is 2. The number of nitriles is 1. The molecular weight excluding hydrogens is 467 g/mol. The van der Waals surface area contributed by atoms with Crippen molar-refractivity contribution in [3.05, 3.63) is 77.6 Å². The monoisotopic (exact) mass is 481 g/mol. The van der Waals surface area contributed by atoms with Crippen LogP contribution in [-0.4, -0.2) is 19.5 Å². The Hall–Kier alpha value is -3.29. The van der Waals surface area contributed by atoms with Gasteiger partial charge < -0.3 is 9.72 Å². The molecule has 0 atom stereocenters. The molecule has 2 heterocycles. The predicted octanol–water partition coefficient (Wildman–Crippen LogP) is 4.07. The molecular formula is C20H15Cl2F2N5O3. The van der Waals surface area contributed by atoms with Gasteiger partial charge in [0.25, 0.3) is 17.0 Å². The van der Waals surface area contributed by atoms with E-state index >= 15 is 0 Å². The molecule has 12 heteroatoms. The largest absolute Gasteiger partial charge is 0.446 e. The minimum atomic E-state index is -3.54. The number of hydrogen-bond acceptors (Lipinski definition) is 6. The third-order valence-corrected chi connectivity index (χ3v) is 4.97. The molecule has 0 radical (unpaired) electrons. The molecule has 0 bridgehead atoms. The van der Waals surface area contributed by atoms with Crippen LogP contribution in [0.4, 0.5) is 8.78 Å². The normalized spacial score (nSPS) is 11.3. The van der Waals surface area contributed by atoms with E-state index in [1.807, 2.05) is 6.07 Å². The summed E-state index contributed by atoms with van der Waals surface area (Å²) in [6.45, 7) is 3.44. The topological polar surface area (TPSA) is 114 Å². The Morgan fingerprint density at radius 2 is 1.84 bits per heavy atom. The van der Waals surface area contributed by atoms with Crippen molar-refractivity contribution in [2.24, 2.45) is 0 Å². The Morgan fingerprint density at radius 3 is 2.38 bits per heavy atom. The van der Waals surface area contributed by atoms with Crippen LogP contribution in [-0.2, 0) is 12.5 Å². The van der Waals surface area contributed by atoms with Crippen molar-refractivity contribution in [2.75, 3.05) is 0 Å². The molecule has 1 N–H and O–H groups in total. The molecule has 0 aliphatic carbocycles. The molecule has 0 aliphatic rings. The van der Waals surface area contributed by atoms with Crippen LogP contribution in [0.25, 0.3) is 0 Å². The molecule has 166 valence electrons. The SMILES string of the molecule is Cc1nc(C)c(Cn2cnc(C(C)(F)F)c(Oc3c(Cl)cc(C#N)cc3Cl)c2=O)c(=O)[nH]1. The van der Waals surface area contributed by atoms with Crippen molar-refractivity contribution in [3.8, 4) is 17.6 Å². The highest BCUT2D eigenvalue weighted by atomic mass is 35.5. The van der Waals surface area contributed by atoms with E-state index in [9.17, 15) is 18.4 Å². The Labute approximate surface area is 190 Å². The number of rotatable bonds is 5. The second kappa shape index (κ2) is 8.68. The third-order valence-electron chi connectivity index (χ3n) is 4.41. The highest BCUT2D eigenvalue weighted by molar-refractivity contribution is 6.37. The second-order valence-electron chi connectivity index (χ2n) is 6.94. The van der Waals surface area contributed by atoms with E-state index in [-0.39, 0.29) is 33.5 Å². The summed E-state index contributed by atoms with van der Waals surface area (Å²) in [6, 6.07) is 4.26. The minimum Gasteiger partial charge on any atom is -0.446 e. The smallest absolute Gasteiger partial charge is 0.297 e. The number of ether oxygens (including phenoxy) is 1. The Balaban J connectivity index is 2.17. The summed E-state index contributed by atoms with van der Waals surface area (Å²) >= 11 is 12.2. The van der Waals surface area contributed by atoms with Crippen LogP contribution in [0.1, 0.15) is 35.3 Å². The summed E-state index contributed by atoms with van der Waals surface area (Å²) < 4.78 is 34.7. The molecule has 0 amide bonds. The lowest BCUT2D eigenvalue weighted by Crippen LogP contribution is -2.29. The molecule has 0 aliphatic heterocycles. The van der Waals surface area contributed by atoms with Crippen LogP contribution in [0.3, 0.4) is 0 Å². The Morgan fingerprint density at radius 1 is 1.22 bits per heavy atom. The molecule has 0 saturated heterocycles. The first-order chi connectivity index (χ1) is 14.9. The first kappa shape index (κ1) is 23.4. The average Bonchev–Trinajstić information content (AvgIpc) is 2.68. The molecule has 2 aromatic heterocycles. The van der Waals surface area contributed by atoms with E-state index < -0.39 is 28.5 Å². The van der Waals surface area contributed by atoms with Crippen molar-refractivity contribution in [3.63, 3.8) is 0 Å². The molecule has 0 unspecified atom stereocenters. The van der Waals surface area contributed by atoms with Gasteiger partial charge in [0.15, 0.2) is 11.4 Å². The van der Waals surface area contributed by atoms with Gasteiger partial charge in [-0.25, -0.2) is 9.97 Å². The van der Waals surface area contributed by atoms with Crippen molar-refractivity contribution in [1.29, 1.82) is 5.26 Å². The van der Waals surface area contributed by atoms with E-state index in [4.69, 9.17) is 33.2 Å². The van der Waals surface area contributed by atoms with E-state index in [0.717, 1.165) is 10.9 Å². The van der Waals surface area contributed by atoms with E-state index in [0.29, 0.717) is 18.4 Å². The van der Waals surface area contributed by atoms with Gasteiger partial charge >= 0.3 is 0 Å². The standard InChI is InChI=1S/C20H15Cl2F2N5O3/c1-9-12(18(30)28-10(2)27-9)7-29-8-26-17(20(3,23)24)16(19(29)31)32-15-13(21)4-11(6-25)5-14(15)22/h4-5,8H,7H2,1-3H3,(H,27,28,30). The number of halogens is 4. The maximum Gasteiger partial charge on any atom is 0.297 e. The molecule has 8 nitrogen and oxygen atoms in total.